The van der Waals surface area contributed by atoms with Crippen molar-refractivity contribution in [3.8, 4) is 0 Å². The highest BCUT2D eigenvalue weighted by atomic mass is 32.2. The molecular weight excluding hydrogens is 593 g/mol. The van der Waals surface area contributed by atoms with Crippen molar-refractivity contribution >= 4 is 16.0 Å². The number of carbonyl (C=O) groups excluding carboxylic acids is 1. The van der Waals surface area contributed by atoms with Crippen molar-refractivity contribution < 1.29 is 48.1 Å². The third-order valence-corrected chi connectivity index (χ3v) is 8.65. The van der Waals surface area contributed by atoms with Gasteiger partial charge in [0.15, 0.2) is 0 Å². The second kappa shape index (κ2) is 12.1. The highest BCUT2D eigenvalue weighted by Gasteiger charge is 2.48. The summed E-state index contributed by atoms with van der Waals surface area (Å²) in [5, 5.41) is 2.43. The molecule has 1 aliphatic heterocycles. The van der Waals surface area contributed by atoms with Crippen LogP contribution in [0, 0.1) is 11.2 Å². The fraction of sp³-hybridized carbons (Fsp3) is 0.536. The summed E-state index contributed by atoms with van der Waals surface area (Å²) in [7, 11) is -3.95. The number of nitrogens with one attached hydrogen (secondary N) is 1. The first-order valence-electron chi connectivity index (χ1n) is 13.4. The Balaban J connectivity index is 1.47. The minimum absolute atomic E-state index is 0.00752. The van der Waals surface area contributed by atoms with Crippen molar-refractivity contribution in [1.82, 2.24) is 10.2 Å². The van der Waals surface area contributed by atoms with Crippen LogP contribution in [0.25, 0.3) is 0 Å². The van der Waals surface area contributed by atoms with Gasteiger partial charge in [-0.25, -0.2) is 4.39 Å². The van der Waals surface area contributed by atoms with Crippen LogP contribution in [0.2, 0.25) is 0 Å². The van der Waals surface area contributed by atoms with Gasteiger partial charge in [0.1, 0.15) is 5.82 Å². The average Bonchev–Trinajstić information content (AvgIpc) is 3.35. The van der Waals surface area contributed by atoms with Gasteiger partial charge in [0.2, 0.25) is 5.91 Å². The van der Waals surface area contributed by atoms with Crippen molar-refractivity contribution in [3.63, 3.8) is 0 Å². The maximum Gasteiger partial charge on any atom is 0.416 e. The lowest BCUT2D eigenvalue weighted by Gasteiger charge is -2.37. The number of hydrogen-bond acceptors (Lipinski definition) is 5. The van der Waals surface area contributed by atoms with E-state index in [9.17, 15) is 43.9 Å². The lowest BCUT2D eigenvalue weighted by atomic mass is 9.85. The molecule has 0 aromatic heterocycles. The second-order valence-corrected chi connectivity index (χ2v) is 12.7. The molecule has 1 amide bonds. The molecular formula is C28H31F7N2O4S. The summed E-state index contributed by atoms with van der Waals surface area (Å²) in [5.74, 6) is -0.790. The van der Waals surface area contributed by atoms with E-state index in [1.165, 1.54) is 12.1 Å². The van der Waals surface area contributed by atoms with Crippen molar-refractivity contribution in [3.05, 3.63) is 70.5 Å². The van der Waals surface area contributed by atoms with Crippen LogP contribution in [0.5, 0.6) is 0 Å². The fourth-order valence-electron chi connectivity index (χ4n) is 5.86. The number of nitrogens with zero attached hydrogens (tertiary/aromatic N) is 1. The van der Waals surface area contributed by atoms with Gasteiger partial charge in [-0.1, -0.05) is 12.1 Å². The molecule has 14 heteroatoms. The summed E-state index contributed by atoms with van der Waals surface area (Å²) in [6.07, 6.45) is -6.73. The number of hydrogen-bond donors (Lipinski definition) is 1. The molecule has 2 aromatic rings. The SMILES string of the molecule is CS(=O)(=O)OCC1(C(=O)NCc2cc(C(F)(F)F)cc(C(F)(F)F)c2)CCC(N2CCC(c3ccc(F)cc3)CC2)C1. The van der Waals surface area contributed by atoms with E-state index in [0.717, 1.165) is 24.7 Å². The molecule has 2 aliphatic rings. The molecule has 232 valence electrons. The molecule has 1 N–H and O–H groups in total. The molecule has 6 nitrogen and oxygen atoms in total. The van der Waals surface area contributed by atoms with Crippen LogP contribution in [0.3, 0.4) is 0 Å². The molecule has 2 unspecified atom stereocenters. The summed E-state index contributed by atoms with van der Waals surface area (Å²) >= 11 is 0. The predicted molar refractivity (Wildman–Crippen MR) is 139 cm³/mol. The highest BCUT2D eigenvalue weighted by molar-refractivity contribution is 7.85. The first-order chi connectivity index (χ1) is 19.5. The molecule has 2 fully saturated rings. The molecule has 0 radical (unpaired) electrons. The average molecular weight is 625 g/mol. The van der Waals surface area contributed by atoms with Gasteiger partial charge in [0, 0.05) is 12.6 Å². The van der Waals surface area contributed by atoms with Crippen LogP contribution in [0.15, 0.2) is 42.5 Å². The molecule has 42 heavy (non-hydrogen) atoms. The molecule has 1 heterocycles. The zero-order valence-electron chi connectivity index (χ0n) is 22.7. The van der Waals surface area contributed by atoms with Crippen molar-refractivity contribution in [1.29, 1.82) is 0 Å². The Morgan fingerprint density at radius 1 is 0.976 bits per heavy atom. The molecule has 1 saturated carbocycles. The van der Waals surface area contributed by atoms with Crippen LogP contribution >= 0.6 is 0 Å². The Kier molecular flexibility index (Phi) is 9.29. The Morgan fingerprint density at radius 3 is 2.07 bits per heavy atom. The van der Waals surface area contributed by atoms with Gasteiger partial charge in [-0.3, -0.25) is 8.98 Å². The van der Waals surface area contributed by atoms with Crippen LogP contribution in [-0.2, 0) is 38.0 Å². The van der Waals surface area contributed by atoms with Crippen LogP contribution in [0.1, 0.15) is 60.3 Å². The van der Waals surface area contributed by atoms with E-state index in [-0.39, 0.29) is 36.7 Å². The van der Waals surface area contributed by atoms with Gasteiger partial charge in [-0.05, 0) is 92.6 Å². The Hall–Kier alpha value is -2.71. The van der Waals surface area contributed by atoms with E-state index in [1.54, 1.807) is 12.1 Å². The second-order valence-electron chi connectivity index (χ2n) is 11.1. The number of rotatable bonds is 8. The van der Waals surface area contributed by atoms with Gasteiger partial charge >= 0.3 is 12.4 Å². The number of halogens is 7. The topological polar surface area (TPSA) is 75.7 Å². The molecule has 1 saturated heterocycles. The summed E-state index contributed by atoms with van der Waals surface area (Å²) in [5.41, 5.74) is -3.72. The van der Waals surface area contributed by atoms with Crippen LogP contribution in [-0.4, -0.2) is 51.2 Å². The summed E-state index contributed by atoms with van der Waals surface area (Å²) < 4.78 is 121. The standard InChI is InChI=1S/C28H31F7N2O4S/c1-42(39,40)41-17-26(25(38)36-16-18-12-21(27(30,31)32)14-22(13-18)28(33,34)35)9-6-24(15-26)37-10-7-20(8-11-37)19-2-4-23(29)5-3-19/h2-5,12-14,20,24H,6-11,15-17H2,1H3,(H,36,38). The molecule has 2 aromatic carbocycles. The summed E-state index contributed by atoms with van der Waals surface area (Å²) in [4.78, 5) is 15.6. The van der Waals surface area contributed by atoms with Crippen molar-refractivity contribution in [2.24, 2.45) is 5.41 Å². The third-order valence-electron chi connectivity index (χ3n) is 8.10. The molecule has 1 aliphatic carbocycles. The molecule has 2 atom stereocenters. The Labute approximate surface area is 239 Å². The van der Waals surface area contributed by atoms with Crippen LogP contribution < -0.4 is 5.32 Å². The zero-order valence-corrected chi connectivity index (χ0v) is 23.5. The maximum absolute atomic E-state index is 13.4. The molecule has 0 spiro atoms. The van der Waals surface area contributed by atoms with E-state index < -0.39 is 63.6 Å². The highest BCUT2D eigenvalue weighted by Crippen LogP contribution is 2.43. The lowest BCUT2D eigenvalue weighted by Crippen LogP contribution is -2.45. The van der Waals surface area contributed by atoms with Crippen molar-refractivity contribution in [2.45, 2.75) is 63.0 Å². The van der Waals surface area contributed by atoms with E-state index in [1.807, 2.05) is 0 Å². The summed E-state index contributed by atoms with van der Waals surface area (Å²) in [6, 6.07) is 7.31. The van der Waals surface area contributed by atoms with Gasteiger partial charge in [0.25, 0.3) is 10.1 Å². The van der Waals surface area contributed by atoms with Gasteiger partial charge in [-0.2, -0.15) is 34.8 Å². The number of alkyl halides is 6. The molecule has 0 bridgehead atoms. The monoisotopic (exact) mass is 624 g/mol. The van der Waals surface area contributed by atoms with E-state index in [0.29, 0.717) is 31.6 Å². The van der Waals surface area contributed by atoms with Gasteiger partial charge in [-0.15, -0.1) is 0 Å². The zero-order chi connectivity index (χ0) is 30.9. The quantitative estimate of drug-likeness (QED) is 0.294. The number of likely N-dealkylation sites (tertiary alicyclic amines) is 1. The van der Waals surface area contributed by atoms with E-state index >= 15 is 0 Å². The maximum atomic E-state index is 13.4. The number of carbonyl (C=O) groups is 1. The number of amides is 1. The first kappa shape index (κ1) is 32.2. The van der Waals surface area contributed by atoms with E-state index in [2.05, 4.69) is 10.2 Å². The smallest absolute Gasteiger partial charge is 0.351 e. The first-order valence-corrected chi connectivity index (χ1v) is 15.2. The predicted octanol–water partition coefficient (Wildman–Crippen LogP) is 5.87. The Morgan fingerprint density at radius 2 is 1.55 bits per heavy atom. The largest absolute Gasteiger partial charge is 0.416 e. The number of piperidine rings is 1. The normalized spacial score (nSPS) is 22.8. The van der Waals surface area contributed by atoms with Crippen molar-refractivity contribution in [2.75, 3.05) is 26.0 Å². The van der Waals surface area contributed by atoms with Gasteiger partial charge in [0.05, 0.1) is 29.4 Å². The van der Waals surface area contributed by atoms with E-state index in [4.69, 9.17) is 4.18 Å². The number of benzene rings is 2. The third kappa shape index (κ3) is 8.01. The lowest BCUT2D eigenvalue weighted by molar-refractivity contribution is -0.143. The minimum Gasteiger partial charge on any atom is -0.351 e. The van der Waals surface area contributed by atoms with Crippen LogP contribution in [0.4, 0.5) is 30.7 Å². The van der Waals surface area contributed by atoms with Gasteiger partial charge < -0.3 is 10.2 Å². The molecule has 4 rings (SSSR count). The minimum atomic E-state index is -5.03. The fourth-order valence-corrected chi connectivity index (χ4v) is 6.30. The summed E-state index contributed by atoms with van der Waals surface area (Å²) in [6.45, 7) is 0.236. The Bertz CT molecular complexity index is 1340.